The van der Waals surface area contributed by atoms with Crippen molar-refractivity contribution in [1.82, 2.24) is 0 Å². The predicted octanol–water partition coefficient (Wildman–Crippen LogP) is 4.82. The van der Waals surface area contributed by atoms with Gasteiger partial charge in [-0.05, 0) is 81.6 Å². The molecule has 0 spiro atoms. The van der Waals surface area contributed by atoms with Crippen LogP contribution in [-0.4, -0.2) is 34.4 Å². The number of carboxylic acids is 1. The molecular formula is C20H16Br2N2O5. The third-order valence-electron chi connectivity index (χ3n) is 4.17. The Kier molecular flexibility index (Phi) is 6.09. The van der Waals surface area contributed by atoms with Gasteiger partial charge in [-0.3, -0.25) is 4.79 Å². The molecule has 2 aromatic carbocycles. The van der Waals surface area contributed by atoms with E-state index in [-0.39, 0.29) is 23.0 Å². The number of aromatic hydroxyl groups is 1. The van der Waals surface area contributed by atoms with Gasteiger partial charge < -0.3 is 14.9 Å². The molecule has 1 aliphatic rings. The number of hydrazone groups is 1. The number of ether oxygens (including phenoxy) is 1. The van der Waals surface area contributed by atoms with Crippen molar-refractivity contribution in [2.24, 2.45) is 5.10 Å². The number of carbonyl (C=O) groups is 2. The standard InChI is InChI=1S/C20H16Br2N2O5/c1-3-29-15-9-12(16(21)17(22)18(15)25)8-14-10(2)23-24(19(14)26)13-6-4-5-11(7-13)20(27)28/h4-9,25H,3H2,1-2H3,(H,27,28)/b14-8-. The highest BCUT2D eigenvalue weighted by molar-refractivity contribution is 9.13. The van der Waals surface area contributed by atoms with Crippen LogP contribution >= 0.6 is 31.9 Å². The largest absolute Gasteiger partial charge is 0.503 e. The van der Waals surface area contributed by atoms with E-state index in [1.807, 2.05) is 0 Å². The van der Waals surface area contributed by atoms with Gasteiger partial charge in [0.25, 0.3) is 5.91 Å². The third kappa shape index (κ3) is 4.06. The summed E-state index contributed by atoms with van der Waals surface area (Å²) in [7, 11) is 0. The highest BCUT2D eigenvalue weighted by Crippen LogP contribution is 2.43. The van der Waals surface area contributed by atoms with Crippen LogP contribution in [0.3, 0.4) is 0 Å². The number of benzene rings is 2. The first-order valence-corrected chi connectivity index (χ1v) is 10.1. The van der Waals surface area contributed by atoms with Crippen LogP contribution in [0.5, 0.6) is 11.5 Å². The van der Waals surface area contributed by atoms with Crippen LogP contribution < -0.4 is 9.75 Å². The van der Waals surface area contributed by atoms with Crippen molar-refractivity contribution in [2.75, 3.05) is 11.6 Å². The SMILES string of the molecule is CCOc1cc(/C=C2\C(=O)N(c3cccc(C(=O)O)c3)N=C2C)c(Br)c(Br)c1O. The minimum atomic E-state index is -1.09. The van der Waals surface area contributed by atoms with Gasteiger partial charge in [-0.1, -0.05) is 6.07 Å². The summed E-state index contributed by atoms with van der Waals surface area (Å²) in [6.45, 7) is 3.86. The number of rotatable bonds is 5. The Labute approximate surface area is 183 Å². The second-order valence-electron chi connectivity index (χ2n) is 6.09. The maximum absolute atomic E-state index is 13.0. The summed E-state index contributed by atoms with van der Waals surface area (Å²) in [5.41, 5.74) is 1.85. The summed E-state index contributed by atoms with van der Waals surface area (Å²) < 4.78 is 6.40. The van der Waals surface area contributed by atoms with E-state index in [4.69, 9.17) is 4.74 Å². The molecular weight excluding hydrogens is 508 g/mol. The van der Waals surface area contributed by atoms with Crippen molar-refractivity contribution in [3.05, 3.63) is 56.0 Å². The molecule has 7 nitrogen and oxygen atoms in total. The van der Waals surface area contributed by atoms with Crippen molar-refractivity contribution in [3.8, 4) is 11.5 Å². The molecule has 2 N–H and O–H groups in total. The number of carbonyl (C=O) groups excluding carboxylic acids is 1. The van der Waals surface area contributed by atoms with Crippen molar-refractivity contribution >= 4 is 61.2 Å². The number of aromatic carboxylic acids is 1. The van der Waals surface area contributed by atoms with Crippen molar-refractivity contribution in [3.63, 3.8) is 0 Å². The first kappa shape index (κ1) is 21.1. The second-order valence-corrected chi connectivity index (χ2v) is 7.68. The van der Waals surface area contributed by atoms with Gasteiger partial charge in [-0.25, -0.2) is 4.79 Å². The lowest BCUT2D eigenvalue weighted by Crippen LogP contribution is -2.21. The summed E-state index contributed by atoms with van der Waals surface area (Å²) in [6.07, 6.45) is 1.64. The second kappa shape index (κ2) is 8.38. The molecule has 0 fully saturated rings. The molecule has 1 aliphatic heterocycles. The number of carboxylic acid groups (broad SMARTS) is 1. The normalized spacial score (nSPS) is 15.0. The lowest BCUT2D eigenvalue weighted by Gasteiger charge is -2.13. The zero-order valence-electron chi connectivity index (χ0n) is 15.4. The van der Waals surface area contributed by atoms with Crippen LogP contribution in [0.15, 0.2) is 50.0 Å². The number of phenols is 1. The molecule has 0 bridgehead atoms. The zero-order valence-corrected chi connectivity index (χ0v) is 18.6. The molecule has 9 heteroatoms. The number of anilines is 1. The highest BCUT2D eigenvalue weighted by atomic mass is 79.9. The summed E-state index contributed by atoms with van der Waals surface area (Å²) in [5.74, 6) is -1.24. The molecule has 3 rings (SSSR count). The van der Waals surface area contributed by atoms with Gasteiger partial charge >= 0.3 is 5.97 Å². The molecule has 2 aromatic rings. The molecule has 29 heavy (non-hydrogen) atoms. The number of nitrogens with zero attached hydrogens (tertiary/aromatic N) is 2. The number of halogens is 2. The van der Waals surface area contributed by atoms with Gasteiger partial charge in [-0.2, -0.15) is 10.1 Å². The average molecular weight is 524 g/mol. The predicted molar refractivity (Wildman–Crippen MR) is 117 cm³/mol. The van der Waals surface area contributed by atoms with E-state index in [2.05, 4.69) is 37.0 Å². The van der Waals surface area contributed by atoms with Gasteiger partial charge in [0.15, 0.2) is 11.5 Å². The van der Waals surface area contributed by atoms with E-state index in [0.29, 0.717) is 38.1 Å². The number of hydrogen-bond donors (Lipinski definition) is 2. The van der Waals surface area contributed by atoms with Crippen molar-refractivity contribution in [2.45, 2.75) is 13.8 Å². The van der Waals surface area contributed by atoms with Gasteiger partial charge in [0.1, 0.15) is 0 Å². The Morgan fingerprint density at radius 3 is 2.66 bits per heavy atom. The topological polar surface area (TPSA) is 99.4 Å². The number of hydrogen-bond acceptors (Lipinski definition) is 5. The smallest absolute Gasteiger partial charge is 0.335 e. The fourth-order valence-corrected chi connectivity index (χ4v) is 3.61. The molecule has 0 atom stereocenters. The first-order valence-electron chi connectivity index (χ1n) is 8.53. The van der Waals surface area contributed by atoms with E-state index < -0.39 is 5.97 Å². The monoisotopic (exact) mass is 522 g/mol. The number of amides is 1. The number of phenolic OH excluding ortho intramolecular Hbond substituents is 1. The van der Waals surface area contributed by atoms with Gasteiger partial charge in [0, 0.05) is 4.47 Å². The molecule has 0 aliphatic carbocycles. The minimum absolute atomic E-state index is 0.0453. The summed E-state index contributed by atoms with van der Waals surface area (Å²) in [4.78, 5) is 24.2. The Hall–Kier alpha value is -2.65. The van der Waals surface area contributed by atoms with Gasteiger partial charge in [0.2, 0.25) is 0 Å². The van der Waals surface area contributed by atoms with Crippen LogP contribution in [-0.2, 0) is 4.79 Å². The fourth-order valence-electron chi connectivity index (χ4n) is 2.77. The molecule has 150 valence electrons. The maximum atomic E-state index is 13.0. The molecule has 1 heterocycles. The Morgan fingerprint density at radius 1 is 1.28 bits per heavy atom. The third-order valence-corrected chi connectivity index (χ3v) is 6.33. The van der Waals surface area contributed by atoms with Crippen LogP contribution in [0.1, 0.15) is 29.8 Å². The van der Waals surface area contributed by atoms with Crippen molar-refractivity contribution < 1.29 is 24.5 Å². The van der Waals surface area contributed by atoms with Crippen LogP contribution in [0.4, 0.5) is 5.69 Å². The molecule has 0 unspecified atom stereocenters. The quantitative estimate of drug-likeness (QED) is 0.547. The minimum Gasteiger partial charge on any atom is -0.503 e. The van der Waals surface area contributed by atoms with Gasteiger partial charge in [0.05, 0.1) is 33.6 Å². The van der Waals surface area contributed by atoms with E-state index in [1.165, 1.54) is 17.1 Å². The van der Waals surface area contributed by atoms with Crippen LogP contribution in [0.25, 0.3) is 6.08 Å². The maximum Gasteiger partial charge on any atom is 0.335 e. The molecule has 0 aromatic heterocycles. The Balaban J connectivity index is 2.03. The lowest BCUT2D eigenvalue weighted by molar-refractivity contribution is -0.114. The molecule has 0 saturated carbocycles. The van der Waals surface area contributed by atoms with Gasteiger partial charge in [-0.15, -0.1) is 0 Å². The summed E-state index contributed by atoms with van der Waals surface area (Å²) in [6, 6.07) is 7.63. The average Bonchev–Trinajstić information content (AvgIpc) is 2.98. The lowest BCUT2D eigenvalue weighted by atomic mass is 10.1. The first-order chi connectivity index (χ1) is 13.7. The van der Waals surface area contributed by atoms with Crippen LogP contribution in [0, 0.1) is 0 Å². The fraction of sp³-hybridized carbons (Fsp3) is 0.150. The Morgan fingerprint density at radius 2 is 2.00 bits per heavy atom. The highest BCUT2D eigenvalue weighted by Gasteiger charge is 2.29. The summed E-state index contributed by atoms with van der Waals surface area (Å²) >= 11 is 6.73. The van der Waals surface area contributed by atoms with Crippen molar-refractivity contribution in [1.29, 1.82) is 0 Å². The zero-order chi connectivity index (χ0) is 21.3. The Bertz CT molecular complexity index is 1080. The molecule has 0 saturated heterocycles. The van der Waals surface area contributed by atoms with E-state index in [1.54, 1.807) is 38.1 Å². The van der Waals surface area contributed by atoms with E-state index >= 15 is 0 Å². The van der Waals surface area contributed by atoms with E-state index in [0.717, 1.165) is 0 Å². The summed E-state index contributed by atoms with van der Waals surface area (Å²) in [5, 5.41) is 24.8. The van der Waals surface area contributed by atoms with Crippen LogP contribution in [0.2, 0.25) is 0 Å². The molecule has 1 amide bonds. The van der Waals surface area contributed by atoms with E-state index in [9.17, 15) is 19.8 Å². The molecule has 0 radical (unpaired) electrons.